The molecule has 0 aliphatic carbocycles. The van der Waals surface area contributed by atoms with E-state index >= 15 is 4.79 Å². The molecule has 0 aromatic rings. The van der Waals surface area contributed by atoms with Gasteiger partial charge in [-0.3, -0.25) is 4.79 Å². The summed E-state index contributed by atoms with van der Waals surface area (Å²) < 4.78 is 21.4. The van der Waals surface area contributed by atoms with E-state index in [9.17, 15) is 107 Å². The third kappa shape index (κ3) is 7.11. The lowest BCUT2D eigenvalue weighted by atomic mass is 9.55. The number of hydrogen-bond donors (Lipinski definition) is 21. The Kier molecular flexibility index (Phi) is 15.0. The highest BCUT2D eigenvalue weighted by atomic mass is 16.6. The van der Waals surface area contributed by atoms with E-state index in [-0.39, 0.29) is 0 Å². The van der Waals surface area contributed by atoms with Gasteiger partial charge in [-0.15, -0.1) is 0 Å². The van der Waals surface area contributed by atoms with Crippen LogP contribution in [-0.2, 0) is 23.7 Å². The Bertz CT molecular complexity index is 1310. The van der Waals surface area contributed by atoms with Crippen molar-refractivity contribution in [2.75, 3.05) is 33.0 Å². The van der Waals surface area contributed by atoms with Gasteiger partial charge in [0.2, 0.25) is 5.78 Å². The van der Waals surface area contributed by atoms with Crippen molar-refractivity contribution >= 4 is 5.78 Å². The fourth-order valence-corrected chi connectivity index (χ4v) is 7.99. The van der Waals surface area contributed by atoms with Gasteiger partial charge in [-0.2, -0.15) is 0 Å². The SMILES string of the molecule is O=C(C1O[C@H](CO)[C@H](O)[C@H](O)[C@H]1O)[C@](O)(C1O[C@H](CO)[C@H](O)[C@H](O)[C@H]1O)[C@](O)(C1O[C@H](CO)[C@H](O)[C@H](O)[C@H]1O)[C@@](O)(C1O[C@H](CO)[C@H](O)[C@H](O)[C@H]1O)[C@H](O)CO. The topological polar surface area (TPSA) is 479 Å². The van der Waals surface area contributed by atoms with Gasteiger partial charge in [0.15, 0.2) is 16.8 Å². The lowest BCUT2D eigenvalue weighted by Gasteiger charge is -2.64. The number of ketones is 1. The quantitative estimate of drug-likeness (QED) is 0.0819. The van der Waals surface area contributed by atoms with E-state index in [1.54, 1.807) is 0 Å². The molecule has 0 spiro atoms. The number of carbonyl (C=O) groups is 1. The zero-order valence-corrected chi connectivity index (χ0v) is 29.1. The van der Waals surface area contributed by atoms with Crippen molar-refractivity contribution < 1.29 is 131 Å². The van der Waals surface area contributed by atoms with E-state index in [1.165, 1.54) is 0 Å². The van der Waals surface area contributed by atoms with Gasteiger partial charge in [0.25, 0.3) is 0 Å². The summed E-state index contributed by atoms with van der Waals surface area (Å²) in [6, 6.07) is 0. The molecule has 56 heavy (non-hydrogen) atoms. The summed E-state index contributed by atoms with van der Waals surface area (Å²) in [5.41, 5.74) is -14.1. The summed E-state index contributed by atoms with van der Waals surface area (Å²) in [7, 11) is 0. The van der Waals surface area contributed by atoms with Crippen molar-refractivity contribution in [1.29, 1.82) is 0 Å². The normalized spacial score (nSPS) is 48.9. The smallest absolute Gasteiger partial charge is 0.201 e. The summed E-state index contributed by atoms with van der Waals surface area (Å²) in [5, 5.41) is 231. The van der Waals surface area contributed by atoms with E-state index in [0.29, 0.717) is 0 Å². The van der Waals surface area contributed by atoms with Crippen molar-refractivity contribution in [2.45, 2.75) is 145 Å². The Labute approximate surface area is 315 Å². The number of carbonyl (C=O) groups excluding carboxylic acids is 1. The molecule has 0 radical (unpaired) electrons. The number of ether oxygens (including phenoxy) is 4. The van der Waals surface area contributed by atoms with Crippen molar-refractivity contribution in [2.24, 2.45) is 0 Å². The highest BCUT2D eigenvalue weighted by Crippen LogP contribution is 2.52. The Morgan fingerprint density at radius 2 is 0.768 bits per heavy atom. The molecular weight excluding hydrogens is 776 g/mol. The maximum absolute atomic E-state index is 15.1. The molecule has 4 aliphatic heterocycles. The fourth-order valence-electron chi connectivity index (χ4n) is 7.99. The van der Waals surface area contributed by atoms with Crippen LogP contribution in [0, 0.1) is 0 Å². The molecule has 4 fully saturated rings. The van der Waals surface area contributed by atoms with Crippen LogP contribution in [0.5, 0.6) is 0 Å². The molecule has 0 bridgehead atoms. The van der Waals surface area contributed by atoms with Crippen molar-refractivity contribution in [3.63, 3.8) is 0 Å². The van der Waals surface area contributed by atoms with E-state index in [0.717, 1.165) is 0 Å². The first kappa shape index (κ1) is 47.3. The lowest BCUT2D eigenvalue weighted by molar-refractivity contribution is -0.402. The Morgan fingerprint density at radius 3 is 1.16 bits per heavy atom. The van der Waals surface area contributed by atoms with E-state index in [2.05, 4.69) is 0 Å². The minimum Gasteiger partial charge on any atom is -0.394 e. The molecule has 4 saturated heterocycles. The third-order valence-corrected chi connectivity index (χ3v) is 11.3. The van der Waals surface area contributed by atoms with Gasteiger partial charge < -0.3 is 126 Å². The molecular formula is C30H52O26. The third-order valence-electron chi connectivity index (χ3n) is 11.3. The maximum Gasteiger partial charge on any atom is 0.201 e. The minimum atomic E-state index is -4.83. The standard InChI is InChI=1S/C30H52O26/c31-1-6-11(37)15(41)19(45)23(53-6)24(49)29(51,26-21(47)17(43)13(39)8(3-33)55-26)30(52,27-22(48)18(44)14(40)9(4-34)56-27)28(50,10(36)5-35)25-20(46)16(42)12(38)7(2-32)54-25/h6-23,25-27,31-48,50-52H,1-5H2/t6-,7-,8-,9-,10-,11+,12+,13+,14+,15+,16+,17+,18+,19-,20-,21-,22-,23?,25?,26?,27?,28+,29+,30+/m1/s1. The van der Waals surface area contributed by atoms with Crippen LogP contribution in [0.25, 0.3) is 0 Å². The van der Waals surface area contributed by atoms with E-state index in [1.807, 2.05) is 0 Å². The maximum atomic E-state index is 15.1. The van der Waals surface area contributed by atoms with E-state index < -0.39 is 184 Å². The Hall–Kier alpha value is -1.33. The van der Waals surface area contributed by atoms with Gasteiger partial charge in [-0.05, 0) is 0 Å². The molecule has 4 heterocycles. The molecule has 26 nitrogen and oxygen atoms in total. The van der Waals surface area contributed by atoms with E-state index in [4.69, 9.17) is 18.9 Å². The highest BCUT2D eigenvalue weighted by Gasteiger charge is 2.81. The number of aliphatic hydroxyl groups excluding tert-OH is 18. The molecule has 0 aromatic carbocycles. The van der Waals surface area contributed by atoms with Gasteiger partial charge in [-0.25, -0.2) is 0 Å². The zero-order valence-electron chi connectivity index (χ0n) is 29.1. The van der Waals surface area contributed by atoms with Crippen molar-refractivity contribution in [3.05, 3.63) is 0 Å². The number of hydrogen-bond acceptors (Lipinski definition) is 26. The first-order chi connectivity index (χ1) is 26.0. The average Bonchev–Trinajstić information content (AvgIpc) is 3.19. The monoisotopic (exact) mass is 828 g/mol. The molecule has 4 unspecified atom stereocenters. The predicted molar refractivity (Wildman–Crippen MR) is 168 cm³/mol. The predicted octanol–water partition coefficient (Wildman–Crippen LogP) is -14.5. The number of aliphatic hydroxyl groups is 21. The molecule has 0 saturated carbocycles. The van der Waals surface area contributed by atoms with Crippen LogP contribution in [0.15, 0.2) is 0 Å². The van der Waals surface area contributed by atoms with Crippen LogP contribution < -0.4 is 0 Å². The minimum absolute atomic E-state index is 1.28. The van der Waals surface area contributed by atoms with Crippen molar-refractivity contribution in [3.8, 4) is 0 Å². The molecule has 4 rings (SSSR count). The summed E-state index contributed by atoms with van der Waals surface area (Å²) >= 11 is 0. The average molecular weight is 829 g/mol. The van der Waals surface area contributed by atoms with Gasteiger partial charge in [0.1, 0.15) is 128 Å². The van der Waals surface area contributed by atoms with Crippen LogP contribution in [0.4, 0.5) is 0 Å². The Morgan fingerprint density at radius 1 is 0.446 bits per heavy atom. The Balaban J connectivity index is 2.21. The highest BCUT2D eigenvalue weighted by molar-refractivity contribution is 5.94. The largest absolute Gasteiger partial charge is 0.394 e. The second-order valence-electron chi connectivity index (χ2n) is 14.4. The summed E-state index contributed by atoms with van der Waals surface area (Å²) in [4.78, 5) is 15.1. The second kappa shape index (κ2) is 17.7. The van der Waals surface area contributed by atoms with Crippen LogP contribution in [0.2, 0.25) is 0 Å². The van der Waals surface area contributed by atoms with Gasteiger partial charge in [0.05, 0.1) is 33.0 Å². The second-order valence-corrected chi connectivity index (χ2v) is 14.4. The first-order valence-electron chi connectivity index (χ1n) is 17.3. The molecule has 26 heteroatoms. The van der Waals surface area contributed by atoms with Crippen LogP contribution in [0.1, 0.15) is 0 Å². The molecule has 4 aliphatic rings. The van der Waals surface area contributed by atoms with Crippen LogP contribution >= 0.6 is 0 Å². The molecule has 0 amide bonds. The molecule has 21 N–H and O–H groups in total. The van der Waals surface area contributed by atoms with Gasteiger partial charge in [-0.1, -0.05) is 0 Å². The summed E-state index contributed by atoms with van der Waals surface area (Å²) in [6.07, 6.45) is -55.9. The van der Waals surface area contributed by atoms with Gasteiger partial charge in [0, 0.05) is 0 Å². The fraction of sp³-hybridized carbons (Fsp3) is 0.967. The molecule has 0 aromatic heterocycles. The molecule has 24 atom stereocenters. The lowest BCUT2D eigenvalue weighted by Crippen LogP contribution is -2.91. The van der Waals surface area contributed by atoms with Crippen LogP contribution in [-0.4, -0.2) is 291 Å². The molecule has 328 valence electrons. The number of rotatable bonds is 13. The van der Waals surface area contributed by atoms with Gasteiger partial charge >= 0.3 is 0 Å². The summed E-state index contributed by atoms with van der Waals surface area (Å²) in [5.74, 6) is -2.42. The van der Waals surface area contributed by atoms with Crippen molar-refractivity contribution in [1.82, 2.24) is 0 Å². The van der Waals surface area contributed by atoms with Crippen LogP contribution in [0.3, 0.4) is 0 Å². The first-order valence-corrected chi connectivity index (χ1v) is 17.3. The zero-order chi connectivity index (χ0) is 42.6. The number of Topliss-reactive ketones (excluding diaryl/α,β-unsaturated/α-hetero) is 1. The summed E-state index contributed by atoms with van der Waals surface area (Å²) in [6.45, 7) is -7.25.